The van der Waals surface area contributed by atoms with E-state index in [0.29, 0.717) is 12.8 Å². The first kappa shape index (κ1) is 17.4. The van der Waals surface area contributed by atoms with Gasteiger partial charge in [-0.15, -0.1) is 0 Å². The lowest BCUT2D eigenvalue weighted by atomic mass is 10.0. The van der Waals surface area contributed by atoms with Gasteiger partial charge in [0.15, 0.2) is 0 Å². The van der Waals surface area contributed by atoms with Gasteiger partial charge in [-0.25, -0.2) is 17.9 Å². The molecule has 0 aromatic heterocycles. The van der Waals surface area contributed by atoms with Crippen LogP contribution < -0.4 is 4.72 Å². The first-order valence-electron chi connectivity index (χ1n) is 6.48. The molecule has 0 aliphatic carbocycles. The first-order chi connectivity index (χ1) is 9.81. The van der Waals surface area contributed by atoms with E-state index in [1.165, 1.54) is 0 Å². The fraction of sp³-hybridized carbons (Fsp3) is 0.462. The Balaban J connectivity index is 2.93. The Labute approximate surface area is 123 Å². The number of aliphatic hydroxyl groups is 1. The topological polar surface area (TPSA) is 124 Å². The Morgan fingerprint density at radius 3 is 2.57 bits per heavy atom. The second-order valence-corrected chi connectivity index (χ2v) is 6.39. The van der Waals surface area contributed by atoms with Crippen molar-refractivity contribution < 1.29 is 28.5 Å². The number of carboxylic acids is 1. The number of hydrogen-bond donors (Lipinski definition) is 4. The zero-order valence-corrected chi connectivity index (χ0v) is 12.4. The number of benzene rings is 1. The van der Waals surface area contributed by atoms with Crippen LogP contribution in [0.2, 0.25) is 0 Å². The number of phenols is 1. The van der Waals surface area contributed by atoms with Crippen LogP contribution in [-0.2, 0) is 10.0 Å². The van der Waals surface area contributed by atoms with Crippen LogP contribution >= 0.6 is 0 Å². The highest BCUT2D eigenvalue weighted by Crippen LogP contribution is 2.21. The minimum atomic E-state index is -3.86. The Hall–Kier alpha value is -1.64. The lowest BCUT2D eigenvalue weighted by molar-refractivity contribution is 0.0693. The Morgan fingerprint density at radius 2 is 2.05 bits per heavy atom. The van der Waals surface area contributed by atoms with E-state index < -0.39 is 27.3 Å². The summed E-state index contributed by atoms with van der Waals surface area (Å²) < 4.78 is 26.6. The minimum absolute atomic E-state index is 0.000772. The highest BCUT2D eigenvalue weighted by Gasteiger charge is 2.19. The summed E-state index contributed by atoms with van der Waals surface area (Å²) in [5.74, 6) is -1.90. The van der Waals surface area contributed by atoms with E-state index in [-0.39, 0.29) is 24.0 Å². The normalized spacial score (nSPS) is 13.0. The number of sulfonamides is 1. The SMILES string of the molecule is CCC(CCO)CNS(=O)(=O)c1ccc(O)c(C(=O)O)c1. The maximum atomic E-state index is 12.1. The Morgan fingerprint density at radius 1 is 1.38 bits per heavy atom. The van der Waals surface area contributed by atoms with E-state index >= 15 is 0 Å². The van der Waals surface area contributed by atoms with Gasteiger partial charge in [-0.2, -0.15) is 0 Å². The van der Waals surface area contributed by atoms with E-state index in [9.17, 15) is 18.3 Å². The standard InChI is InChI=1S/C13H19NO6S/c1-2-9(5-6-15)8-14-21(19,20)10-3-4-12(16)11(7-10)13(17)18/h3-4,7,9,14-16H,2,5-6,8H2,1H3,(H,17,18). The molecule has 0 heterocycles. The Bertz CT molecular complexity index is 599. The molecular weight excluding hydrogens is 298 g/mol. The Kier molecular flexibility index (Phi) is 6.13. The van der Waals surface area contributed by atoms with Crippen LogP contribution in [0.4, 0.5) is 0 Å². The molecule has 1 rings (SSSR count). The van der Waals surface area contributed by atoms with Gasteiger partial charge in [0.2, 0.25) is 10.0 Å². The van der Waals surface area contributed by atoms with Crippen LogP contribution in [0.25, 0.3) is 0 Å². The zero-order valence-electron chi connectivity index (χ0n) is 11.6. The molecule has 0 spiro atoms. The summed E-state index contributed by atoms with van der Waals surface area (Å²) in [4.78, 5) is 10.7. The molecule has 0 fully saturated rings. The molecule has 21 heavy (non-hydrogen) atoms. The van der Waals surface area contributed by atoms with E-state index in [4.69, 9.17) is 10.2 Å². The molecule has 0 radical (unpaired) electrons. The second kappa shape index (κ2) is 7.39. The molecule has 0 aliphatic rings. The van der Waals surface area contributed by atoms with E-state index in [1.807, 2.05) is 6.92 Å². The number of nitrogens with one attached hydrogen (secondary N) is 1. The molecule has 0 aliphatic heterocycles. The highest BCUT2D eigenvalue weighted by atomic mass is 32.2. The third kappa shape index (κ3) is 4.69. The monoisotopic (exact) mass is 317 g/mol. The largest absolute Gasteiger partial charge is 0.507 e. The number of aromatic hydroxyl groups is 1. The predicted molar refractivity (Wildman–Crippen MR) is 75.7 cm³/mol. The van der Waals surface area contributed by atoms with Crippen molar-refractivity contribution in [3.8, 4) is 5.75 Å². The lowest BCUT2D eigenvalue weighted by Gasteiger charge is -2.14. The molecule has 1 atom stereocenters. The third-order valence-electron chi connectivity index (χ3n) is 3.19. The lowest BCUT2D eigenvalue weighted by Crippen LogP contribution is -2.29. The average molecular weight is 317 g/mol. The van der Waals surface area contributed by atoms with Gasteiger partial charge in [0.25, 0.3) is 0 Å². The fourth-order valence-electron chi connectivity index (χ4n) is 1.80. The molecule has 0 saturated carbocycles. The van der Waals surface area contributed by atoms with Crippen molar-refractivity contribution in [3.05, 3.63) is 23.8 Å². The first-order valence-corrected chi connectivity index (χ1v) is 7.97. The van der Waals surface area contributed by atoms with Gasteiger partial charge in [-0.3, -0.25) is 0 Å². The molecule has 0 bridgehead atoms. The van der Waals surface area contributed by atoms with E-state index in [2.05, 4.69) is 4.72 Å². The van der Waals surface area contributed by atoms with Crippen molar-refractivity contribution in [2.75, 3.05) is 13.2 Å². The average Bonchev–Trinajstić information content (AvgIpc) is 2.43. The third-order valence-corrected chi connectivity index (χ3v) is 4.61. The molecule has 0 amide bonds. The second-order valence-electron chi connectivity index (χ2n) is 4.62. The van der Waals surface area contributed by atoms with Gasteiger partial charge in [-0.05, 0) is 30.5 Å². The van der Waals surface area contributed by atoms with Gasteiger partial charge in [0.1, 0.15) is 11.3 Å². The molecule has 1 unspecified atom stereocenters. The molecule has 0 saturated heterocycles. The van der Waals surface area contributed by atoms with Gasteiger partial charge in [-0.1, -0.05) is 13.3 Å². The number of rotatable bonds is 8. The van der Waals surface area contributed by atoms with Crippen LogP contribution in [0.3, 0.4) is 0 Å². The van der Waals surface area contributed by atoms with E-state index in [1.54, 1.807) is 0 Å². The van der Waals surface area contributed by atoms with Gasteiger partial charge in [0.05, 0.1) is 4.90 Å². The van der Waals surface area contributed by atoms with Crippen molar-refractivity contribution in [2.45, 2.75) is 24.7 Å². The number of hydrogen-bond acceptors (Lipinski definition) is 5. The molecule has 118 valence electrons. The smallest absolute Gasteiger partial charge is 0.339 e. The van der Waals surface area contributed by atoms with Crippen molar-refractivity contribution >= 4 is 16.0 Å². The van der Waals surface area contributed by atoms with Crippen LogP contribution in [0.1, 0.15) is 30.1 Å². The van der Waals surface area contributed by atoms with Crippen molar-refractivity contribution in [1.82, 2.24) is 4.72 Å². The summed E-state index contributed by atoms with van der Waals surface area (Å²) in [5.41, 5.74) is -0.472. The van der Waals surface area contributed by atoms with Gasteiger partial charge in [0, 0.05) is 13.2 Å². The predicted octanol–water partition coefficient (Wildman–Crippen LogP) is 0.777. The molecule has 1 aromatic carbocycles. The maximum Gasteiger partial charge on any atom is 0.339 e. The van der Waals surface area contributed by atoms with Crippen LogP contribution in [0.5, 0.6) is 5.75 Å². The van der Waals surface area contributed by atoms with Gasteiger partial charge < -0.3 is 15.3 Å². The zero-order chi connectivity index (χ0) is 16.0. The van der Waals surface area contributed by atoms with Gasteiger partial charge >= 0.3 is 5.97 Å². The summed E-state index contributed by atoms with van der Waals surface area (Å²) >= 11 is 0. The quantitative estimate of drug-likeness (QED) is 0.561. The molecule has 8 heteroatoms. The number of aromatic carboxylic acids is 1. The highest BCUT2D eigenvalue weighted by molar-refractivity contribution is 7.89. The summed E-state index contributed by atoms with van der Waals surface area (Å²) in [6, 6.07) is 3.08. The fourth-order valence-corrected chi connectivity index (χ4v) is 2.94. The molecular formula is C13H19NO6S. The van der Waals surface area contributed by atoms with Crippen molar-refractivity contribution in [3.63, 3.8) is 0 Å². The van der Waals surface area contributed by atoms with Crippen LogP contribution in [0, 0.1) is 5.92 Å². The maximum absolute atomic E-state index is 12.1. The summed E-state index contributed by atoms with van der Waals surface area (Å²) in [6.45, 7) is 2.02. The van der Waals surface area contributed by atoms with Crippen molar-refractivity contribution in [1.29, 1.82) is 0 Å². The molecule has 7 nitrogen and oxygen atoms in total. The summed E-state index contributed by atoms with van der Waals surface area (Å²) in [5, 5.41) is 27.1. The number of carbonyl (C=O) groups is 1. The summed E-state index contributed by atoms with van der Waals surface area (Å²) in [7, 11) is -3.86. The number of aliphatic hydroxyl groups excluding tert-OH is 1. The van der Waals surface area contributed by atoms with Crippen LogP contribution in [-0.4, -0.2) is 42.9 Å². The molecule has 4 N–H and O–H groups in total. The van der Waals surface area contributed by atoms with Crippen molar-refractivity contribution in [2.24, 2.45) is 5.92 Å². The van der Waals surface area contributed by atoms with E-state index in [0.717, 1.165) is 18.2 Å². The summed E-state index contributed by atoms with van der Waals surface area (Å²) in [6.07, 6.45) is 1.19. The molecule has 1 aromatic rings. The number of carboxylic acid groups (broad SMARTS) is 1. The minimum Gasteiger partial charge on any atom is -0.507 e. The van der Waals surface area contributed by atoms with Crippen LogP contribution in [0.15, 0.2) is 23.1 Å².